The van der Waals surface area contributed by atoms with Gasteiger partial charge in [0.05, 0.1) is 7.11 Å². The number of ether oxygens (including phenoxy) is 2. The molecule has 1 atom stereocenters. The minimum absolute atomic E-state index is 0.0933. The Morgan fingerprint density at radius 1 is 1.37 bits per heavy atom. The maximum absolute atomic E-state index is 11.6. The van der Waals surface area contributed by atoms with Crippen molar-refractivity contribution in [2.75, 3.05) is 13.7 Å². The molecule has 1 aromatic heterocycles. The molecule has 0 fully saturated rings. The molecule has 0 saturated heterocycles. The molecule has 0 saturated carbocycles. The lowest BCUT2D eigenvalue weighted by Crippen LogP contribution is -2.08. The molecule has 0 radical (unpaired) electrons. The average molecular weight is 285 g/mol. The summed E-state index contributed by atoms with van der Waals surface area (Å²) in [5.74, 6) is -0.768. The number of Topliss-reactive ketones (excluding diaryl/α,β-unsaturated/α-hetero) is 1. The van der Waals surface area contributed by atoms with Crippen LogP contribution >= 0.6 is 11.3 Å². The van der Waals surface area contributed by atoms with E-state index in [1.54, 1.807) is 0 Å². The summed E-state index contributed by atoms with van der Waals surface area (Å²) < 4.78 is 10.3. The summed E-state index contributed by atoms with van der Waals surface area (Å²) in [5, 5.41) is 0.661. The van der Waals surface area contributed by atoms with E-state index < -0.39 is 5.97 Å². The molecule has 0 aromatic carbocycles. The Kier molecular flexibility index (Phi) is 6.11. The van der Waals surface area contributed by atoms with Crippen LogP contribution in [0.25, 0.3) is 0 Å². The predicted molar refractivity (Wildman–Crippen MR) is 72.7 cm³/mol. The van der Waals surface area contributed by atoms with Gasteiger partial charge in [0.25, 0.3) is 0 Å². The Labute approximate surface area is 116 Å². The molecule has 1 heterocycles. The van der Waals surface area contributed by atoms with Crippen LogP contribution < -0.4 is 0 Å². The van der Waals surface area contributed by atoms with Crippen LogP contribution in [0.3, 0.4) is 0 Å². The maximum atomic E-state index is 11.6. The smallest absolute Gasteiger partial charge is 0.358 e. The highest BCUT2D eigenvalue weighted by atomic mass is 32.1. The van der Waals surface area contributed by atoms with E-state index >= 15 is 0 Å². The third-order valence-corrected chi connectivity index (χ3v) is 3.78. The van der Waals surface area contributed by atoms with Crippen LogP contribution in [0.5, 0.6) is 0 Å². The summed E-state index contributed by atoms with van der Waals surface area (Å²) >= 11 is 1.21. The third kappa shape index (κ3) is 3.84. The van der Waals surface area contributed by atoms with E-state index in [1.807, 2.05) is 13.8 Å². The zero-order chi connectivity index (χ0) is 14.4. The first kappa shape index (κ1) is 15.8. The predicted octanol–water partition coefficient (Wildman–Crippen LogP) is 3.01. The number of carbonyl (C=O) groups excluding carboxylic acids is 2. The molecule has 106 valence electrons. The molecule has 0 aliphatic rings. The second-order valence-corrected chi connectivity index (χ2v) is 5.04. The van der Waals surface area contributed by atoms with Crippen molar-refractivity contribution in [2.45, 2.75) is 39.7 Å². The zero-order valence-corrected chi connectivity index (χ0v) is 12.5. The molecule has 0 amide bonds. The first-order valence-corrected chi connectivity index (χ1v) is 7.08. The maximum Gasteiger partial charge on any atom is 0.358 e. The van der Waals surface area contributed by atoms with Gasteiger partial charge in [-0.05, 0) is 13.3 Å². The number of nitrogens with zero attached hydrogens (tertiary/aromatic N) is 1. The van der Waals surface area contributed by atoms with Gasteiger partial charge < -0.3 is 9.47 Å². The van der Waals surface area contributed by atoms with Crippen LogP contribution in [-0.4, -0.2) is 30.5 Å². The number of thiazole rings is 1. The van der Waals surface area contributed by atoms with Crippen molar-refractivity contribution in [3.05, 3.63) is 15.6 Å². The van der Waals surface area contributed by atoms with Gasteiger partial charge in [-0.3, -0.25) is 4.79 Å². The van der Waals surface area contributed by atoms with Crippen molar-refractivity contribution in [1.82, 2.24) is 4.98 Å². The Bertz CT molecular complexity index is 449. The zero-order valence-electron chi connectivity index (χ0n) is 11.7. The number of methoxy groups -OCH3 is 1. The standard InChI is InChI=1S/C13H19NO4S/c1-5-7-9(18-6-2)12-14-10(13(16)17-4)11(19-12)8(3)15/h9H,5-7H2,1-4H3. The summed E-state index contributed by atoms with van der Waals surface area (Å²) in [7, 11) is 1.28. The number of aromatic nitrogens is 1. The van der Waals surface area contributed by atoms with Gasteiger partial charge in [0.1, 0.15) is 16.0 Å². The number of hydrogen-bond donors (Lipinski definition) is 0. The third-order valence-electron chi connectivity index (χ3n) is 2.54. The summed E-state index contributed by atoms with van der Waals surface area (Å²) in [6, 6.07) is 0. The SMILES string of the molecule is CCCC(OCC)c1nc(C(=O)OC)c(C(C)=O)s1. The molecule has 0 spiro atoms. The summed E-state index contributed by atoms with van der Waals surface area (Å²) in [6.07, 6.45) is 1.57. The second-order valence-electron chi connectivity index (χ2n) is 4.01. The minimum atomic E-state index is -0.584. The molecular formula is C13H19NO4S. The topological polar surface area (TPSA) is 65.5 Å². The fourth-order valence-electron chi connectivity index (χ4n) is 1.69. The van der Waals surface area contributed by atoms with Crippen LogP contribution in [-0.2, 0) is 9.47 Å². The van der Waals surface area contributed by atoms with Crippen LogP contribution in [0.4, 0.5) is 0 Å². The molecular weight excluding hydrogens is 266 g/mol. The highest BCUT2D eigenvalue weighted by Gasteiger charge is 2.25. The van der Waals surface area contributed by atoms with E-state index in [2.05, 4.69) is 9.72 Å². The lowest BCUT2D eigenvalue weighted by atomic mass is 10.2. The van der Waals surface area contributed by atoms with E-state index in [1.165, 1.54) is 25.4 Å². The van der Waals surface area contributed by atoms with E-state index in [-0.39, 0.29) is 17.6 Å². The van der Waals surface area contributed by atoms with Gasteiger partial charge in [0.15, 0.2) is 11.5 Å². The van der Waals surface area contributed by atoms with Crippen molar-refractivity contribution in [3.8, 4) is 0 Å². The molecule has 1 aromatic rings. The Morgan fingerprint density at radius 2 is 2.05 bits per heavy atom. The molecule has 0 aliphatic heterocycles. The highest BCUT2D eigenvalue weighted by Crippen LogP contribution is 2.30. The minimum Gasteiger partial charge on any atom is -0.464 e. The van der Waals surface area contributed by atoms with Gasteiger partial charge in [-0.25, -0.2) is 9.78 Å². The number of esters is 1. The number of carbonyl (C=O) groups is 2. The first-order chi connectivity index (χ1) is 9.04. The molecule has 1 rings (SSSR count). The fourth-order valence-corrected chi connectivity index (χ4v) is 2.72. The molecule has 5 nitrogen and oxygen atoms in total. The highest BCUT2D eigenvalue weighted by molar-refractivity contribution is 7.14. The summed E-state index contributed by atoms with van der Waals surface area (Å²) in [5.41, 5.74) is 0.0933. The Morgan fingerprint density at radius 3 is 2.53 bits per heavy atom. The number of ketones is 1. The molecule has 0 bridgehead atoms. The van der Waals surface area contributed by atoms with E-state index in [4.69, 9.17) is 4.74 Å². The fraction of sp³-hybridized carbons (Fsp3) is 0.615. The molecule has 0 N–H and O–H groups in total. The molecule has 6 heteroatoms. The Balaban J connectivity index is 3.14. The van der Waals surface area contributed by atoms with Crippen LogP contribution in [0, 0.1) is 0 Å². The summed E-state index contributed by atoms with van der Waals surface area (Å²) in [4.78, 5) is 27.8. The monoisotopic (exact) mass is 285 g/mol. The lowest BCUT2D eigenvalue weighted by Gasteiger charge is -2.12. The van der Waals surface area contributed by atoms with Gasteiger partial charge in [-0.2, -0.15) is 0 Å². The van der Waals surface area contributed by atoms with E-state index in [9.17, 15) is 9.59 Å². The molecule has 19 heavy (non-hydrogen) atoms. The van der Waals surface area contributed by atoms with Crippen LogP contribution in [0.1, 0.15) is 64.9 Å². The van der Waals surface area contributed by atoms with Gasteiger partial charge in [-0.1, -0.05) is 13.3 Å². The van der Waals surface area contributed by atoms with Gasteiger partial charge in [0, 0.05) is 13.5 Å². The van der Waals surface area contributed by atoms with Gasteiger partial charge >= 0.3 is 5.97 Å². The van der Waals surface area contributed by atoms with Crippen molar-refractivity contribution in [2.24, 2.45) is 0 Å². The van der Waals surface area contributed by atoms with Crippen molar-refractivity contribution in [1.29, 1.82) is 0 Å². The van der Waals surface area contributed by atoms with Crippen molar-refractivity contribution < 1.29 is 19.1 Å². The van der Waals surface area contributed by atoms with E-state index in [0.717, 1.165) is 12.8 Å². The summed E-state index contributed by atoms with van der Waals surface area (Å²) in [6.45, 7) is 5.93. The first-order valence-electron chi connectivity index (χ1n) is 6.26. The van der Waals surface area contributed by atoms with Crippen LogP contribution in [0.15, 0.2) is 0 Å². The second kappa shape index (κ2) is 7.35. The van der Waals surface area contributed by atoms with Gasteiger partial charge in [-0.15, -0.1) is 11.3 Å². The quantitative estimate of drug-likeness (QED) is 0.569. The lowest BCUT2D eigenvalue weighted by molar-refractivity contribution is 0.0540. The molecule has 0 aliphatic carbocycles. The largest absolute Gasteiger partial charge is 0.464 e. The van der Waals surface area contributed by atoms with Crippen molar-refractivity contribution in [3.63, 3.8) is 0 Å². The van der Waals surface area contributed by atoms with Crippen molar-refractivity contribution >= 4 is 23.1 Å². The number of rotatable bonds is 7. The normalized spacial score (nSPS) is 12.2. The molecule has 1 unspecified atom stereocenters. The van der Waals surface area contributed by atoms with Crippen LogP contribution in [0.2, 0.25) is 0 Å². The van der Waals surface area contributed by atoms with E-state index in [0.29, 0.717) is 16.5 Å². The van der Waals surface area contributed by atoms with Gasteiger partial charge in [0.2, 0.25) is 0 Å². The average Bonchev–Trinajstić information content (AvgIpc) is 2.82. The number of hydrogen-bond acceptors (Lipinski definition) is 6. The Hall–Kier alpha value is -1.27.